The molecule has 2 rings (SSSR count). The molecule has 0 heterocycles. The third-order valence-corrected chi connectivity index (χ3v) is 4.62. The molecule has 1 aromatic rings. The first kappa shape index (κ1) is 14.1. The first-order valence-electron chi connectivity index (χ1n) is 6.34. The molecule has 2 unspecified atom stereocenters. The van der Waals surface area contributed by atoms with Gasteiger partial charge in [0.15, 0.2) is 0 Å². The standard InChI is InChI=1S/C13H17FN2O2S/c1-19-13-5-3-2-4-12(13)15-10-6-9(14)7-11(8-10)16(17)18/h6-8,12-13,15H,2-5H2,1H3. The Morgan fingerprint density at radius 2 is 2.11 bits per heavy atom. The molecule has 1 N–H and O–H groups in total. The molecular weight excluding hydrogens is 267 g/mol. The van der Waals surface area contributed by atoms with Gasteiger partial charge in [-0.25, -0.2) is 4.39 Å². The number of nitrogens with zero attached hydrogens (tertiary/aromatic N) is 1. The molecule has 1 fully saturated rings. The highest BCUT2D eigenvalue weighted by Gasteiger charge is 2.24. The number of halogens is 1. The smallest absolute Gasteiger partial charge is 0.274 e. The van der Waals surface area contributed by atoms with E-state index in [0.29, 0.717) is 10.9 Å². The van der Waals surface area contributed by atoms with Crippen molar-refractivity contribution in [2.75, 3.05) is 11.6 Å². The van der Waals surface area contributed by atoms with Gasteiger partial charge in [-0.15, -0.1) is 0 Å². The number of hydrogen-bond acceptors (Lipinski definition) is 4. The fourth-order valence-electron chi connectivity index (χ4n) is 2.52. The van der Waals surface area contributed by atoms with Crippen LogP contribution in [-0.4, -0.2) is 22.5 Å². The molecule has 104 valence electrons. The zero-order valence-corrected chi connectivity index (χ0v) is 11.6. The molecule has 1 aliphatic carbocycles. The third kappa shape index (κ3) is 3.59. The third-order valence-electron chi connectivity index (χ3n) is 3.45. The Bertz CT molecular complexity index is 470. The lowest BCUT2D eigenvalue weighted by molar-refractivity contribution is -0.385. The molecule has 0 bridgehead atoms. The minimum atomic E-state index is -0.576. The topological polar surface area (TPSA) is 55.2 Å². The minimum absolute atomic E-state index is 0.209. The number of nitro groups is 1. The SMILES string of the molecule is CSC1CCCCC1Nc1cc(F)cc([N+](=O)[O-])c1. The normalized spacial score (nSPS) is 23.1. The fourth-order valence-corrected chi connectivity index (χ4v) is 3.46. The van der Waals surface area contributed by atoms with Gasteiger partial charge in [0.25, 0.3) is 5.69 Å². The van der Waals surface area contributed by atoms with Crippen LogP contribution in [0.1, 0.15) is 25.7 Å². The maximum atomic E-state index is 13.4. The molecule has 2 atom stereocenters. The highest BCUT2D eigenvalue weighted by Crippen LogP contribution is 2.30. The Hall–Kier alpha value is -1.30. The summed E-state index contributed by atoms with van der Waals surface area (Å²) in [7, 11) is 0. The van der Waals surface area contributed by atoms with Crippen LogP contribution in [0.25, 0.3) is 0 Å². The van der Waals surface area contributed by atoms with Crippen LogP contribution in [0.4, 0.5) is 15.8 Å². The number of nitrogens with one attached hydrogen (secondary N) is 1. The highest BCUT2D eigenvalue weighted by molar-refractivity contribution is 7.99. The van der Waals surface area contributed by atoms with Crippen LogP contribution in [0.2, 0.25) is 0 Å². The molecule has 19 heavy (non-hydrogen) atoms. The van der Waals surface area contributed by atoms with Crippen molar-refractivity contribution in [3.05, 3.63) is 34.1 Å². The lowest BCUT2D eigenvalue weighted by Crippen LogP contribution is -2.34. The van der Waals surface area contributed by atoms with E-state index in [9.17, 15) is 14.5 Å². The quantitative estimate of drug-likeness (QED) is 0.674. The van der Waals surface area contributed by atoms with Crippen LogP contribution in [0, 0.1) is 15.9 Å². The van der Waals surface area contributed by atoms with Crippen LogP contribution in [0.15, 0.2) is 18.2 Å². The van der Waals surface area contributed by atoms with Gasteiger partial charge in [-0.1, -0.05) is 12.8 Å². The number of anilines is 1. The molecule has 1 saturated carbocycles. The molecule has 4 nitrogen and oxygen atoms in total. The van der Waals surface area contributed by atoms with Crippen LogP contribution in [0.5, 0.6) is 0 Å². The van der Waals surface area contributed by atoms with Gasteiger partial charge in [0.1, 0.15) is 5.82 Å². The van der Waals surface area contributed by atoms with Crippen LogP contribution < -0.4 is 5.32 Å². The summed E-state index contributed by atoms with van der Waals surface area (Å²) in [5.41, 5.74) is 0.289. The summed E-state index contributed by atoms with van der Waals surface area (Å²) in [6.07, 6.45) is 6.59. The zero-order chi connectivity index (χ0) is 13.8. The van der Waals surface area contributed by atoms with Crippen molar-refractivity contribution in [1.82, 2.24) is 0 Å². The van der Waals surface area contributed by atoms with E-state index in [-0.39, 0.29) is 11.7 Å². The van der Waals surface area contributed by atoms with E-state index in [1.165, 1.54) is 18.6 Å². The molecule has 0 aromatic heterocycles. The maximum absolute atomic E-state index is 13.4. The van der Waals surface area contributed by atoms with E-state index in [1.54, 1.807) is 11.8 Å². The van der Waals surface area contributed by atoms with Gasteiger partial charge in [0.05, 0.1) is 11.0 Å². The van der Waals surface area contributed by atoms with E-state index in [2.05, 4.69) is 11.6 Å². The summed E-state index contributed by atoms with van der Waals surface area (Å²) in [6.45, 7) is 0. The Kier molecular flexibility index (Phi) is 4.63. The molecule has 0 aliphatic heterocycles. The summed E-state index contributed by atoms with van der Waals surface area (Å²) >= 11 is 1.80. The zero-order valence-electron chi connectivity index (χ0n) is 10.8. The Morgan fingerprint density at radius 1 is 1.37 bits per heavy atom. The van der Waals surface area contributed by atoms with E-state index >= 15 is 0 Å². The van der Waals surface area contributed by atoms with Gasteiger partial charge >= 0.3 is 0 Å². The molecule has 0 saturated heterocycles. The number of non-ortho nitro benzene ring substituents is 1. The van der Waals surface area contributed by atoms with E-state index in [1.807, 2.05) is 0 Å². The summed E-state index contributed by atoms with van der Waals surface area (Å²) < 4.78 is 13.4. The molecule has 1 aromatic carbocycles. The highest BCUT2D eigenvalue weighted by atomic mass is 32.2. The monoisotopic (exact) mass is 284 g/mol. The predicted octanol–water partition coefficient (Wildman–Crippen LogP) is 3.82. The van der Waals surface area contributed by atoms with Crippen molar-refractivity contribution >= 4 is 23.1 Å². The van der Waals surface area contributed by atoms with Gasteiger partial charge in [0.2, 0.25) is 0 Å². The average Bonchev–Trinajstić information content (AvgIpc) is 2.38. The van der Waals surface area contributed by atoms with E-state index < -0.39 is 10.7 Å². The Balaban J connectivity index is 2.15. The minimum Gasteiger partial charge on any atom is -0.381 e. The summed E-state index contributed by atoms with van der Waals surface area (Å²) in [4.78, 5) is 10.2. The van der Waals surface area contributed by atoms with Crippen LogP contribution in [-0.2, 0) is 0 Å². The lowest BCUT2D eigenvalue weighted by Gasteiger charge is -2.31. The van der Waals surface area contributed by atoms with Gasteiger partial charge in [-0.2, -0.15) is 11.8 Å². The average molecular weight is 284 g/mol. The van der Waals surface area contributed by atoms with E-state index in [0.717, 1.165) is 25.3 Å². The largest absolute Gasteiger partial charge is 0.381 e. The van der Waals surface area contributed by atoms with Crippen molar-refractivity contribution in [2.24, 2.45) is 0 Å². The fraction of sp³-hybridized carbons (Fsp3) is 0.538. The van der Waals surface area contributed by atoms with Crippen molar-refractivity contribution in [1.29, 1.82) is 0 Å². The number of thioether (sulfide) groups is 1. The summed E-state index contributed by atoms with van der Waals surface area (Å²) in [5.74, 6) is -0.576. The second kappa shape index (κ2) is 6.23. The summed E-state index contributed by atoms with van der Waals surface area (Å²) in [5, 5.41) is 14.5. The van der Waals surface area contributed by atoms with Crippen molar-refractivity contribution in [3.63, 3.8) is 0 Å². The van der Waals surface area contributed by atoms with Crippen molar-refractivity contribution < 1.29 is 9.31 Å². The molecular formula is C13H17FN2O2S. The number of hydrogen-bond donors (Lipinski definition) is 1. The molecule has 1 aliphatic rings. The molecule has 6 heteroatoms. The second-order valence-electron chi connectivity index (χ2n) is 4.76. The molecule has 0 amide bonds. The van der Waals surface area contributed by atoms with Gasteiger partial charge in [-0.3, -0.25) is 10.1 Å². The van der Waals surface area contributed by atoms with Gasteiger partial charge in [-0.05, 0) is 25.2 Å². The number of benzene rings is 1. The predicted molar refractivity (Wildman–Crippen MR) is 76.2 cm³/mol. The van der Waals surface area contributed by atoms with Gasteiger partial charge < -0.3 is 5.32 Å². The maximum Gasteiger partial charge on any atom is 0.274 e. The first-order chi connectivity index (χ1) is 9.10. The number of nitro benzene ring substituents is 1. The van der Waals surface area contributed by atoms with Crippen LogP contribution >= 0.6 is 11.8 Å². The Labute approximate surface area is 115 Å². The Morgan fingerprint density at radius 3 is 2.79 bits per heavy atom. The van der Waals surface area contributed by atoms with Crippen LogP contribution in [0.3, 0.4) is 0 Å². The van der Waals surface area contributed by atoms with Crippen molar-refractivity contribution in [3.8, 4) is 0 Å². The number of rotatable bonds is 4. The first-order valence-corrected chi connectivity index (χ1v) is 7.63. The molecule has 0 spiro atoms. The van der Waals surface area contributed by atoms with Crippen molar-refractivity contribution in [2.45, 2.75) is 37.0 Å². The lowest BCUT2D eigenvalue weighted by atomic mass is 9.94. The van der Waals surface area contributed by atoms with E-state index in [4.69, 9.17) is 0 Å². The van der Waals surface area contributed by atoms with Gasteiger partial charge in [0, 0.05) is 23.0 Å². The second-order valence-corrected chi connectivity index (χ2v) is 5.84. The molecule has 0 radical (unpaired) electrons. The summed E-state index contributed by atoms with van der Waals surface area (Å²) in [6, 6.07) is 3.91.